The number of hydrogen-bond donors (Lipinski definition) is 2. The van der Waals surface area contributed by atoms with Gasteiger partial charge in [0.15, 0.2) is 6.54 Å². The number of esters is 1. The van der Waals surface area contributed by atoms with Crippen LogP contribution in [0.1, 0.15) is 12.8 Å². The fourth-order valence-electron chi connectivity index (χ4n) is 3.27. The second-order valence-corrected chi connectivity index (χ2v) is 6.71. The highest BCUT2D eigenvalue weighted by Crippen LogP contribution is 2.22. The van der Waals surface area contributed by atoms with Gasteiger partial charge in [0, 0.05) is 18.5 Å². The van der Waals surface area contributed by atoms with Gasteiger partial charge in [-0.3, -0.25) is 9.59 Å². The normalized spacial score (nSPS) is 19.1. The molecule has 2 N–H and O–H groups in total. The van der Waals surface area contributed by atoms with E-state index < -0.39 is 0 Å². The Morgan fingerprint density at radius 2 is 1.63 bits per heavy atom. The van der Waals surface area contributed by atoms with Crippen molar-refractivity contribution in [3.05, 3.63) is 54.6 Å². The number of para-hydroxylation sites is 1. The number of rotatable bonds is 6. The Kier molecular flexibility index (Phi) is 6.44. The summed E-state index contributed by atoms with van der Waals surface area (Å²) in [5.74, 6) is 1.29. The zero-order valence-electron chi connectivity index (χ0n) is 15.4. The van der Waals surface area contributed by atoms with Crippen LogP contribution in [-0.2, 0) is 14.3 Å². The molecule has 2 aromatic carbocycles. The first-order chi connectivity index (χ1) is 13.1. The van der Waals surface area contributed by atoms with Crippen LogP contribution >= 0.6 is 0 Å². The molecule has 0 bridgehead atoms. The molecule has 3 rings (SSSR count). The van der Waals surface area contributed by atoms with E-state index in [1.165, 1.54) is 12.0 Å². The summed E-state index contributed by atoms with van der Waals surface area (Å²) >= 11 is 0. The lowest BCUT2D eigenvalue weighted by molar-refractivity contribution is -0.897. The van der Waals surface area contributed by atoms with E-state index in [1.807, 2.05) is 54.6 Å². The average molecular weight is 369 g/mol. The van der Waals surface area contributed by atoms with Gasteiger partial charge in [0.25, 0.3) is 5.91 Å². The van der Waals surface area contributed by atoms with Gasteiger partial charge >= 0.3 is 5.97 Å². The van der Waals surface area contributed by atoms with E-state index in [0.29, 0.717) is 6.54 Å². The van der Waals surface area contributed by atoms with E-state index >= 15 is 0 Å². The van der Waals surface area contributed by atoms with Crippen molar-refractivity contribution in [2.75, 3.05) is 32.1 Å². The summed E-state index contributed by atoms with van der Waals surface area (Å²) < 4.78 is 10.5. The van der Waals surface area contributed by atoms with E-state index in [4.69, 9.17) is 9.47 Å². The third-order valence-corrected chi connectivity index (χ3v) is 4.75. The Bertz CT molecular complexity index is 754. The Morgan fingerprint density at radius 1 is 1.00 bits per heavy atom. The molecule has 0 aromatic heterocycles. The maximum Gasteiger partial charge on any atom is 0.309 e. The van der Waals surface area contributed by atoms with E-state index in [-0.39, 0.29) is 17.8 Å². The smallest absolute Gasteiger partial charge is 0.309 e. The van der Waals surface area contributed by atoms with Crippen LogP contribution in [0.2, 0.25) is 0 Å². The summed E-state index contributed by atoms with van der Waals surface area (Å²) in [4.78, 5) is 25.0. The molecule has 6 heteroatoms. The zero-order chi connectivity index (χ0) is 19.1. The lowest BCUT2D eigenvalue weighted by Crippen LogP contribution is -3.14. The van der Waals surface area contributed by atoms with Gasteiger partial charge < -0.3 is 19.7 Å². The molecule has 0 spiro atoms. The van der Waals surface area contributed by atoms with Crippen molar-refractivity contribution >= 4 is 17.6 Å². The topological polar surface area (TPSA) is 69.1 Å². The number of quaternary nitrogens is 1. The Balaban J connectivity index is 1.45. The average Bonchev–Trinajstić information content (AvgIpc) is 2.70. The SMILES string of the molecule is COC(=O)C1CC[NH+](CC(=O)Nc2ccc(Oc3ccccc3)cc2)CC1. The van der Waals surface area contributed by atoms with Crippen molar-refractivity contribution in [1.29, 1.82) is 0 Å². The van der Waals surface area contributed by atoms with E-state index in [9.17, 15) is 9.59 Å². The maximum absolute atomic E-state index is 12.3. The van der Waals surface area contributed by atoms with Gasteiger partial charge in [0.2, 0.25) is 0 Å². The number of ether oxygens (including phenoxy) is 2. The minimum atomic E-state index is -0.142. The van der Waals surface area contributed by atoms with Crippen molar-refractivity contribution in [3.63, 3.8) is 0 Å². The standard InChI is InChI=1S/C21H24N2O4/c1-26-21(25)16-11-13-23(14-12-16)15-20(24)22-17-7-9-19(10-8-17)27-18-5-3-2-4-6-18/h2-10,16H,11-15H2,1H3,(H,22,24)/p+1. The molecule has 1 fully saturated rings. The van der Waals surface area contributed by atoms with Crippen LogP contribution in [0.5, 0.6) is 11.5 Å². The number of piperidine rings is 1. The Morgan fingerprint density at radius 3 is 2.26 bits per heavy atom. The van der Waals surface area contributed by atoms with Gasteiger partial charge in [-0.1, -0.05) is 18.2 Å². The summed E-state index contributed by atoms with van der Waals surface area (Å²) in [5, 5.41) is 2.92. The highest BCUT2D eigenvalue weighted by Gasteiger charge is 2.28. The summed E-state index contributed by atoms with van der Waals surface area (Å²) in [7, 11) is 1.42. The molecule has 2 aromatic rings. The van der Waals surface area contributed by atoms with Gasteiger partial charge in [-0.25, -0.2) is 0 Å². The summed E-state index contributed by atoms with van der Waals surface area (Å²) in [6, 6.07) is 16.9. The number of hydrogen-bond acceptors (Lipinski definition) is 4. The van der Waals surface area contributed by atoms with Crippen LogP contribution in [0, 0.1) is 5.92 Å². The van der Waals surface area contributed by atoms with Crippen LogP contribution in [0.25, 0.3) is 0 Å². The van der Waals surface area contributed by atoms with Crippen LogP contribution in [0.15, 0.2) is 54.6 Å². The van der Waals surface area contributed by atoms with E-state index in [2.05, 4.69) is 5.32 Å². The minimum Gasteiger partial charge on any atom is -0.469 e. The van der Waals surface area contributed by atoms with Gasteiger partial charge in [-0.05, 0) is 36.4 Å². The van der Waals surface area contributed by atoms with Gasteiger partial charge in [-0.15, -0.1) is 0 Å². The minimum absolute atomic E-state index is 0.0287. The van der Waals surface area contributed by atoms with Crippen LogP contribution in [0.3, 0.4) is 0 Å². The number of carbonyl (C=O) groups is 2. The number of methoxy groups -OCH3 is 1. The highest BCUT2D eigenvalue weighted by atomic mass is 16.5. The molecule has 0 radical (unpaired) electrons. The molecule has 1 amide bonds. The van der Waals surface area contributed by atoms with Gasteiger partial charge in [0.1, 0.15) is 11.5 Å². The van der Waals surface area contributed by atoms with Crippen molar-refractivity contribution in [1.82, 2.24) is 0 Å². The molecule has 1 aliphatic rings. The zero-order valence-corrected chi connectivity index (χ0v) is 15.4. The molecule has 1 heterocycles. The first kappa shape index (κ1) is 18.9. The number of nitrogens with one attached hydrogen (secondary N) is 2. The number of likely N-dealkylation sites (tertiary alicyclic amines) is 1. The molecule has 27 heavy (non-hydrogen) atoms. The van der Waals surface area contributed by atoms with Crippen LogP contribution in [0.4, 0.5) is 5.69 Å². The molecule has 1 saturated heterocycles. The largest absolute Gasteiger partial charge is 0.469 e. The van der Waals surface area contributed by atoms with Crippen molar-refractivity contribution in [3.8, 4) is 11.5 Å². The fraction of sp³-hybridized carbons (Fsp3) is 0.333. The highest BCUT2D eigenvalue weighted by molar-refractivity contribution is 5.91. The van der Waals surface area contributed by atoms with Gasteiger partial charge in [-0.2, -0.15) is 0 Å². The monoisotopic (exact) mass is 369 g/mol. The van der Waals surface area contributed by atoms with Crippen LogP contribution in [-0.4, -0.2) is 38.6 Å². The Hall–Kier alpha value is -2.86. The molecular weight excluding hydrogens is 344 g/mol. The molecule has 142 valence electrons. The third kappa shape index (κ3) is 5.56. The lowest BCUT2D eigenvalue weighted by Gasteiger charge is -2.27. The molecule has 1 aliphatic heterocycles. The lowest BCUT2D eigenvalue weighted by atomic mass is 9.97. The molecule has 6 nitrogen and oxygen atoms in total. The molecular formula is C21H25N2O4+. The second-order valence-electron chi connectivity index (χ2n) is 6.71. The molecule has 0 aliphatic carbocycles. The first-order valence-corrected chi connectivity index (χ1v) is 9.18. The third-order valence-electron chi connectivity index (χ3n) is 4.75. The predicted molar refractivity (Wildman–Crippen MR) is 102 cm³/mol. The Labute approximate surface area is 159 Å². The quantitative estimate of drug-likeness (QED) is 0.763. The van der Waals surface area contributed by atoms with Crippen molar-refractivity contribution in [2.45, 2.75) is 12.8 Å². The number of anilines is 1. The van der Waals surface area contributed by atoms with Crippen molar-refractivity contribution in [2.24, 2.45) is 5.92 Å². The fourth-order valence-corrected chi connectivity index (χ4v) is 3.27. The maximum atomic E-state index is 12.3. The van der Waals surface area contributed by atoms with Crippen LogP contribution < -0.4 is 15.0 Å². The first-order valence-electron chi connectivity index (χ1n) is 9.18. The number of amides is 1. The van der Waals surface area contributed by atoms with Crippen molar-refractivity contribution < 1.29 is 24.0 Å². The second kappa shape index (κ2) is 9.19. The predicted octanol–water partition coefficient (Wildman–Crippen LogP) is 1.89. The molecule has 0 saturated carbocycles. The molecule has 0 unspecified atom stereocenters. The summed E-state index contributed by atoms with van der Waals surface area (Å²) in [5.41, 5.74) is 0.740. The molecule has 0 atom stereocenters. The number of benzene rings is 2. The van der Waals surface area contributed by atoms with Gasteiger partial charge in [0.05, 0.1) is 26.1 Å². The van der Waals surface area contributed by atoms with E-state index in [1.54, 1.807) is 0 Å². The number of carbonyl (C=O) groups excluding carboxylic acids is 2. The summed E-state index contributed by atoms with van der Waals surface area (Å²) in [6.07, 6.45) is 1.53. The summed E-state index contributed by atoms with van der Waals surface area (Å²) in [6.45, 7) is 2.00. The van der Waals surface area contributed by atoms with E-state index in [0.717, 1.165) is 43.1 Å².